The summed E-state index contributed by atoms with van der Waals surface area (Å²) in [6.07, 6.45) is -0.270. The van der Waals surface area contributed by atoms with Crippen molar-refractivity contribution in [2.75, 3.05) is 12.3 Å². The predicted molar refractivity (Wildman–Crippen MR) is 64.2 cm³/mol. The lowest BCUT2D eigenvalue weighted by atomic mass is 11.1. The van der Waals surface area contributed by atoms with Crippen molar-refractivity contribution in [3.05, 3.63) is 16.7 Å². The molecule has 0 amide bonds. The molecule has 9 heteroatoms. The van der Waals surface area contributed by atoms with Crippen molar-refractivity contribution >= 4 is 17.1 Å². The zero-order valence-electron chi connectivity index (χ0n) is 9.85. The minimum atomic E-state index is -0.771. The number of hydrogen-bond donors (Lipinski definition) is 4. The van der Waals surface area contributed by atoms with Gasteiger partial charge in [0.2, 0.25) is 5.95 Å². The van der Waals surface area contributed by atoms with E-state index in [1.54, 1.807) is 0 Å². The molecular formula is C10H13N5O4. The summed E-state index contributed by atoms with van der Waals surface area (Å²) in [5.41, 5.74) is 5.50. The van der Waals surface area contributed by atoms with E-state index in [1.807, 2.05) is 0 Å². The Morgan fingerprint density at radius 2 is 2.42 bits per heavy atom. The summed E-state index contributed by atoms with van der Waals surface area (Å²) >= 11 is 0. The van der Waals surface area contributed by atoms with Crippen LogP contribution in [0.2, 0.25) is 0 Å². The van der Waals surface area contributed by atoms with Crippen molar-refractivity contribution in [3.8, 4) is 0 Å². The number of aliphatic hydroxyl groups is 2. The Kier molecular flexibility index (Phi) is 2.73. The standard InChI is InChI=1S/C10H13N5O4/c11-10-13-8-7(9(18)14-10)12-3-15(8)6-1-4(17)5(2-16)19-6/h3-6,16-17H,1-2H2,(H3,11,13,14,18)/t4-,5+,6+/m0/s1/i1+1,2+1,3+1,4+1,5+1,6+1,7+1,8+1,9+1,10+1,11+1,12+1,13+1,14+1,15+1. The van der Waals surface area contributed by atoms with Gasteiger partial charge in [0.25, 0.3) is 5.56 Å². The Bertz CT molecular complexity index is 665. The number of anilines is 1. The van der Waals surface area contributed by atoms with Gasteiger partial charge in [-0.3, -0.25) is 14.3 Å². The van der Waals surface area contributed by atoms with Crippen LogP contribution >= 0.6 is 0 Å². The number of imidazole rings is 1. The first kappa shape index (κ1) is 12.1. The van der Waals surface area contributed by atoms with Crippen molar-refractivity contribution in [1.29, 1.82) is 0 Å². The number of aromatic nitrogens is 4. The Morgan fingerprint density at radius 1 is 1.63 bits per heavy atom. The molecule has 0 aromatic carbocycles. The van der Waals surface area contributed by atoms with Crippen LogP contribution in [0.4, 0.5) is 5.95 Å². The topological polar surface area (TPSA) is 139 Å². The lowest BCUT2D eigenvalue weighted by molar-refractivity contribution is -0.0432. The number of nitrogens with zero attached hydrogens (tertiary/aromatic N) is 3. The number of aliphatic hydroxyl groups excluding tert-OH is 2. The summed E-state index contributed by atoms with van der Waals surface area (Å²) in [6, 6.07) is 0. The summed E-state index contributed by atoms with van der Waals surface area (Å²) in [5.74, 6) is -0.0171. The average molecular weight is 282 g/mol. The number of ether oxygens (including phenoxy) is 1. The highest BCUT2D eigenvalue weighted by atomic mass is 16.8. The highest BCUT2D eigenvalue weighted by molar-refractivity contribution is 5.70. The highest BCUT2D eigenvalue weighted by Gasteiger charge is 2.35. The number of H-pyrrole nitrogens is 1. The molecule has 3 heterocycles. The van der Waals surface area contributed by atoms with E-state index in [1.165, 1.54) is 10.9 Å². The van der Waals surface area contributed by atoms with Gasteiger partial charge in [-0.1, -0.05) is 0 Å². The maximum Gasteiger partial charge on any atom is 0.280 e. The number of rotatable bonds is 2. The van der Waals surface area contributed by atoms with Gasteiger partial charge in [0, 0.05) is 6.42 Å². The summed E-state index contributed by atoms with van der Waals surface area (Å²) in [7, 11) is 0. The molecular weight excluding hydrogens is 269 g/mol. The van der Waals surface area contributed by atoms with Crippen molar-refractivity contribution in [1.82, 2.24) is 19.5 Å². The van der Waals surface area contributed by atoms with E-state index < -0.39 is 24.0 Å². The Morgan fingerprint density at radius 3 is 3.11 bits per heavy atom. The molecule has 0 aliphatic carbocycles. The Labute approximate surface area is 106 Å². The van der Waals surface area contributed by atoms with Crippen molar-refractivity contribution in [2.24, 2.45) is 0 Å². The smallest absolute Gasteiger partial charge is 0.280 e. The van der Waals surface area contributed by atoms with Gasteiger partial charge >= 0.3 is 0 Å². The molecule has 19 heavy (non-hydrogen) atoms. The summed E-state index contributed by atoms with van der Waals surface area (Å²) < 4.78 is 7.01. The molecule has 2 aromatic heterocycles. The molecule has 9 nitrogen and oxygen atoms in total. The van der Waals surface area contributed by atoms with Crippen molar-refractivity contribution in [2.45, 2.75) is 24.9 Å². The SMILES string of the molecule is [15NH2][13c]1[15n][13c]2[13c]([15n][13cH][15n]2[13C@H]2[13CH2][13C@H](O)[13C@@H]([13CH2]O)O2)[13c](=O)[15nH]1. The normalized spacial score (nSPS) is 27.2. The lowest BCUT2D eigenvalue weighted by Crippen LogP contribution is -2.24. The molecule has 2 aromatic rings. The number of fused-ring (bicyclic) bond motifs is 1. The zero-order valence-corrected chi connectivity index (χ0v) is 9.85. The van der Waals surface area contributed by atoms with Crippen LogP contribution in [-0.2, 0) is 4.74 Å². The fraction of sp³-hybridized carbons (Fsp3) is 0.500. The molecule has 1 saturated heterocycles. The summed E-state index contributed by atoms with van der Waals surface area (Å²) in [4.78, 5) is 22.0. The van der Waals surface area contributed by atoms with Crippen LogP contribution in [0.15, 0.2) is 11.1 Å². The predicted octanol–water partition coefficient (Wildman–Crippen LogP) is -1.66. The maximum absolute atomic E-state index is 11.6. The molecule has 102 valence electrons. The van der Waals surface area contributed by atoms with Crippen molar-refractivity contribution < 1.29 is 14.9 Å². The van der Waals surface area contributed by atoms with Crippen LogP contribution in [0.1, 0.15) is 12.6 Å². The molecule has 0 saturated carbocycles. The lowest BCUT2D eigenvalue weighted by Gasteiger charge is -2.13. The van der Waals surface area contributed by atoms with Crippen LogP contribution < -0.4 is 11.3 Å². The molecule has 0 bridgehead atoms. The number of hydrogen-bond acceptors (Lipinski definition) is 7. The van der Waals surface area contributed by atoms with Gasteiger partial charge in [-0.25, -0.2) is 4.98 Å². The second-order valence-electron chi connectivity index (χ2n) is 4.39. The molecule has 1 aliphatic heterocycles. The molecule has 5 N–H and O–H groups in total. The molecule has 3 rings (SSSR count). The molecule has 0 unspecified atom stereocenters. The Balaban J connectivity index is 2.05. The van der Waals surface area contributed by atoms with Gasteiger partial charge in [0.1, 0.15) is 12.3 Å². The van der Waals surface area contributed by atoms with Gasteiger partial charge in [-0.15, -0.1) is 0 Å². The third-order valence-electron chi connectivity index (χ3n) is 3.15. The molecule has 3 atom stereocenters. The molecule has 0 spiro atoms. The average Bonchev–Trinajstić information content (AvgIpc) is 2.92. The fourth-order valence-electron chi connectivity index (χ4n) is 2.20. The van der Waals surface area contributed by atoms with E-state index in [0.29, 0.717) is 0 Å². The van der Waals surface area contributed by atoms with Crippen LogP contribution in [0.5, 0.6) is 0 Å². The quantitative estimate of drug-likeness (QED) is 0.382. The number of nitrogen functional groups attached to an aromatic ring is 1. The number of nitrogens with one attached hydrogen (secondary N) is 1. The monoisotopic (exact) mass is 282 g/mol. The van der Waals surface area contributed by atoms with Gasteiger partial charge in [0.05, 0.1) is 19.0 Å². The molecule has 1 fully saturated rings. The third-order valence-corrected chi connectivity index (χ3v) is 3.15. The molecule has 0 radical (unpaired) electrons. The van der Waals surface area contributed by atoms with Crippen LogP contribution in [-0.4, -0.2) is 48.5 Å². The first-order valence-electron chi connectivity index (χ1n) is 5.77. The largest absolute Gasteiger partial charge is 0.394 e. The number of aromatic amines is 1. The summed E-state index contributed by atoms with van der Waals surface area (Å²) in [6.45, 7) is -0.277. The minimum absolute atomic E-state index is 0.0171. The first-order valence-corrected chi connectivity index (χ1v) is 5.77. The first-order chi connectivity index (χ1) is 9.10. The van der Waals surface area contributed by atoms with Crippen molar-refractivity contribution in [3.63, 3.8) is 0 Å². The van der Waals surface area contributed by atoms with E-state index in [2.05, 4.69) is 15.0 Å². The van der Waals surface area contributed by atoms with Crippen LogP contribution in [0.25, 0.3) is 11.2 Å². The van der Waals surface area contributed by atoms with Gasteiger partial charge in [-0.2, -0.15) is 4.98 Å². The second-order valence-corrected chi connectivity index (χ2v) is 4.39. The van der Waals surface area contributed by atoms with E-state index in [4.69, 9.17) is 15.6 Å². The Hall–Kier alpha value is -1.97. The van der Waals surface area contributed by atoms with Gasteiger partial charge < -0.3 is 20.7 Å². The van der Waals surface area contributed by atoms with E-state index in [9.17, 15) is 9.90 Å². The second kappa shape index (κ2) is 4.30. The van der Waals surface area contributed by atoms with E-state index >= 15 is 0 Å². The van der Waals surface area contributed by atoms with Gasteiger partial charge in [-0.05, 0) is 0 Å². The maximum atomic E-state index is 11.6. The van der Waals surface area contributed by atoms with Crippen LogP contribution in [0.3, 0.4) is 0 Å². The summed E-state index contributed by atoms with van der Waals surface area (Å²) in [5, 5.41) is 18.8. The fourth-order valence-corrected chi connectivity index (χ4v) is 2.20. The van der Waals surface area contributed by atoms with Gasteiger partial charge in [0.15, 0.2) is 11.2 Å². The highest BCUT2D eigenvalue weighted by Crippen LogP contribution is 2.30. The zero-order chi connectivity index (χ0) is 13.6. The molecule has 1 aliphatic rings. The van der Waals surface area contributed by atoms with Crippen LogP contribution in [0, 0.1) is 0 Å². The van der Waals surface area contributed by atoms with E-state index in [-0.39, 0.29) is 30.1 Å². The van der Waals surface area contributed by atoms with E-state index in [0.717, 1.165) is 0 Å². The minimum Gasteiger partial charge on any atom is -0.394 e. The number of nitrogens with two attached hydrogens (primary N) is 1. The third kappa shape index (κ3) is 1.87.